The summed E-state index contributed by atoms with van der Waals surface area (Å²) in [4.78, 5) is 6.81. The first-order valence-corrected chi connectivity index (χ1v) is 8.70. The number of rotatable bonds is 9. The van der Waals surface area contributed by atoms with Gasteiger partial charge in [0.15, 0.2) is 5.96 Å². The first-order valence-electron chi connectivity index (χ1n) is 8.70. The summed E-state index contributed by atoms with van der Waals surface area (Å²) < 4.78 is 16.3. The van der Waals surface area contributed by atoms with Crippen LogP contribution in [-0.4, -0.2) is 89.8 Å². The average molecular weight is 328 g/mol. The molecule has 2 atom stereocenters. The van der Waals surface area contributed by atoms with Crippen LogP contribution in [0.2, 0.25) is 0 Å². The number of fused-ring (bicyclic) bond motifs is 1. The van der Waals surface area contributed by atoms with Gasteiger partial charge in [-0.3, -0.25) is 9.89 Å². The summed E-state index contributed by atoms with van der Waals surface area (Å²) in [6, 6.07) is 0.654. The van der Waals surface area contributed by atoms with Crippen LogP contribution in [0.3, 0.4) is 0 Å². The van der Waals surface area contributed by atoms with Gasteiger partial charge in [-0.15, -0.1) is 0 Å². The normalized spacial score (nSPS) is 25.4. The van der Waals surface area contributed by atoms with Crippen molar-refractivity contribution in [2.75, 3.05) is 66.8 Å². The van der Waals surface area contributed by atoms with Gasteiger partial charge in [0, 0.05) is 46.4 Å². The predicted octanol–water partition coefficient (Wildman–Crippen LogP) is 0.0677. The highest BCUT2D eigenvalue weighted by molar-refractivity contribution is 5.79. The number of nitrogens with zero attached hydrogens (tertiary/aromatic N) is 2. The largest absolute Gasteiger partial charge is 0.382 e. The lowest BCUT2D eigenvalue weighted by atomic mass is 10.2. The van der Waals surface area contributed by atoms with Gasteiger partial charge < -0.3 is 24.8 Å². The lowest BCUT2D eigenvalue weighted by molar-refractivity contribution is -0.0453. The maximum Gasteiger partial charge on any atom is 0.191 e. The number of ether oxygens (including phenoxy) is 3. The third-order valence-electron chi connectivity index (χ3n) is 4.37. The van der Waals surface area contributed by atoms with E-state index in [2.05, 4.69) is 20.5 Å². The van der Waals surface area contributed by atoms with Gasteiger partial charge in [-0.2, -0.15) is 0 Å². The first-order chi connectivity index (χ1) is 11.3. The lowest BCUT2D eigenvalue weighted by Crippen LogP contribution is -2.51. The Hall–Kier alpha value is -0.890. The fourth-order valence-corrected chi connectivity index (χ4v) is 3.07. The number of hydrogen-bond acceptors (Lipinski definition) is 5. The Morgan fingerprint density at radius 2 is 2.22 bits per heavy atom. The number of guanidine groups is 1. The van der Waals surface area contributed by atoms with E-state index in [1.807, 2.05) is 0 Å². The van der Waals surface area contributed by atoms with Crippen molar-refractivity contribution in [2.24, 2.45) is 4.99 Å². The molecule has 23 heavy (non-hydrogen) atoms. The van der Waals surface area contributed by atoms with Crippen molar-refractivity contribution in [2.45, 2.75) is 31.4 Å². The molecule has 2 unspecified atom stereocenters. The van der Waals surface area contributed by atoms with E-state index in [4.69, 9.17) is 14.2 Å². The zero-order chi connectivity index (χ0) is 16.3. The van der Waals surface area contributed by atoms with Crippen molar-refractivity contribution in [3.05, 3.63) is 0 Å². The van der Waals surface area contributed by atoms with Crippen LogP contribution in [0, 0.1) is 0 Å². The average Bonchev–Trinajstić information content (AvgIpc) is 3.04. The molecule has 134 valence electrons. The molecule has 0 aromatic heterocycles. The molecule has 0 radical (unpaired) electrons. The molecule has 0 saturated carbocycles. The third-order valence-corrected chi connectivity index (χ3v) is 4.37. The van der Waals surface area contributed by atoms with Gasteiger partial charge >= 0.3 is 0 Å². The standard InChI is InChI=1S/C16H32N4O3/c1-17-16(18-6-4-8-22-10-9-21-2)19-11-15-12-20-7-3-5-14(20)13-23-15/h14-15H,3-13H2,1-2H3,(H2,17,18,19). The summed E-state index contributed by atoms with van der Waals surface area (Å²) in [6.07, 6.45) is 3.79. The molecule has 0 amide bonds. The van der Waals surface area contributed by atoms with E-state index in [0.717, 1.165) is 45.2 Å². The summed E-state index contributed by atoms with van der Waals surface area (Å²) >= 11 is 0. The highest BCUT2D eigenvalue weighted by atomic mass is 16.5. The zero-order valence-electron chi connectivity index (χ0n) is 14.6. The van der Waals surface area contributed by atoms with Crippen molar-refractivity contribution in [1.29, 1.82) is 0 Å². The van der Waals surface area contributed by atoms with E-state index in [0.29, 0.717) is 19.3 Å². The van der Waals surface area contributed by atoms with E-state index < -0.39 is 0 Å². The van der Waals surface area contributed by atoms with Crippen LogP contribution in [0.15, 0.2) is 4.99 Å². The summed E-state index contributed by atoms with van der Waals surface area (Å²) in [5.41, 5.74) is 0. The van der Waals surface area contributed by atoms with E-state index in [1.54, 1.807) is 14.2 Å². The number of methoxy groups -OCH3 is 1. The topological polar surface area (TPSA) is 67.4 Å². The molecule has 0 bridgehead atoms. The second-order valence-corrected chi connectivity index (χ2v) is 6.08. The minimum Gasteiger partial charge on any atom is -0.382 e. The molecule has 2 fully saturated rings. The molecule has 2 heterocycles. The predicted molar refractivity (Wildman–Crippen MR) is 91.0 cm³/mol. The number of nitrogens with one attached hydrogen (secondary N) is 2. The van der Waals surface area contributed by atoms with Crippen molar-refractivity contribution in [1.82, 2.24) is 15.5 Å². The molecule has 0 spiro atoms. The fourth-order valence-electron chi connectivity index (χ4n) is 3.07. The monoisotopic (exact) mass is 328 g/mol. The van der Waals surface area contributed by atoms with Gasteiger partial charge in [0.05, 0.1) is 25.9 Å². The molecule has 7 nitrogen and oxygen atoms in total. The SMILES string of the molecule is CN=C(NCCCOCCOC)NCC1CN2CCCC2CO1. The van der Waals surface area contributed by atoms with Crippen LogP contribution < -0.4 is 10.6 Å². The minimum atomic E-state index is 0.250. The molecule has 2 rings (SSSR count). The lowest BCUT2D eigenvalue weighted by Gasteiger charge is -2.35. The second kappa shape index (κ2) is 10.8. The highest BCUT2D eigenvalue weighted by Crippen LogP contribution is 2.22. The summed E-state index contributed by atoms with van der Waals surface area (Å²) in [7, 11) is 3.48. The zero-order valence-corrected chi connectivity index (χ0v) is 14.6. The van der Waals surface area contributed by atoms with Crippen LogP contribution in [0.5, 0.6) is 0 Å². The van der Waals surface area contributed by atoms with E-state index in [1.165, 1.54) is 19.4 Å². The van der Waals surface area contributed by atoms with E-state index in [9.17, 15) is 0 Å². The van der Waals surface area contributed by atoms with Crippen LogP contribution in [0.25, 0.3) is 0 Å². The smallest absolute Gasteiger partial charge is 0.191 e. The van der Waals surface area contributed by atoms with Crippen LogP contribution in [-0.2, 0) is 14.2 Å². The molecular formula is C16H32N4O3. The van der Waals surface area contributed by atoms with Crippen molar-refractivity contribution >= 4 is 5.96 Å². The molecule has 2 saturated heterocycles. The van der Waals surface area contributed by atoms with Gasteiger partial charge in [0.2, 0.25) is 0 Å². The van der Waals surface area contributed by atoms with Gasteiger partial charge in [-0.05, 0) is 25.8 Å². The molecular weight excluding hydrogens is 296 g/mol. The van der Waals surface area contributed by atoms with Crippen molar-refractivity contribution < 1.29 is 14.2 Å². The Morgan fingerprint density at radius 1 is 1.30 bits per heavy atom. The summed E-state index contributed by atoms with van der Waals surface area (Å²) in [6.45, 7) is 6.80. The van der Waals surface area contributed by atoms with Crippen LogP contribution >= 0.6 is 0 Å². The van der Waals surface area contributed by atoms with E-state index >= 15 is 0 Å². The highest BCUT2D eigenvalue weighted by Gasteiger charge is 2.31. The van der Waals surface area contributed by atoms with Crippen LogP contribution in [0.4, 0.5) is 0 Å². The Bertz CT molecular complexity index is 354. The molecule has 2 aliphatic heterocycles. The van der Waals surface area contributed by atoms with Gasteiger partial charge in [0.1, 0.15) is 0 Å². The Kier molecular flexibility index (Phi) is 8.67. The minimum absolute atomic E-state index is 0.250. The van der Waals surface area contributed by atoms with Gasteiger partial charge in [0.25, 0.3) is 0 Å². The maximum atomic E-state index is 5.95. The fraction of sp³-hybridized carbons (Fsp3) is 0.938. The number of hydrogen-bond donors (Lipinski definition) is 2. The second-order valence-electron chi connectivity index (χ2n) is 6.08. The van der Waals surface area contributed by atoms with Gasteiger partial charge in [-0.1, -0.05) is 0 Å². The molecule has 0 aromatic rings. The van der Waals surface area contributed by atoms with Gasteiger partial charge in [-0.25, -0.2) is 0 Å². The Balaban J connectivity index is 1.53. The van der Waals surface area contributed by atoms with Crippen LogP contribution in [0.1, 0.15) is 19.3 Å². The quantitative estimate of drug-likeness (QED) is 0.355. The molecule has 2 N–H and O–H groups in total. The number of aliphatic imine (C=N–C) groups is 1. The summed E-state index contributed by atoms with van der Waals surface area (Å²) in [5, 5.41) is 6.66. The molecule has 0 aliphatic carbocycles. The first kappa shape index (κ1) is 18.4. The maximum absolute atomic E-state index is 5.95. The van der Waals surface area contributed by atoms with Crippen molar-refractivity contribution in [3.8, 4) is 0 Å². The third kappa shape index (κ3) is 6.63. The summed E-state index contributed by atoms with van der Waals surface area (Å²) in [5.74, 6) is 0.828. The molecule has 7 heteroatoms. The Morgan fingerprint density at radius 3 is 3.04 bits per heavy atom. The number of morpholine rings is 1. The molecule has 2 aliphatic rings. The van der Waals surface area contributed by atoms with E-state index in [-0.39, 0.29) is 6.10 Å². The van der Waals surface area contributed by atoms with Crippen molar-refractivity contribution in [3.63, 3.8) is 0 Å². The Labute approximate surface area is 139 Å². The molecule has 0 aromatic carbocycles.